The van der Waals surface area contributed by atoms with Gasteiger partial charge in [0.05, 0.1) is 12.7 Å². The quantitative estimate of drug-likeness (QED) is 0.766. The van der Waals surface area contributed by atoms with Crippen LogP contribution in [0.2, 0.25) is 0 Å². The van der Waals surface area contributed by atoms with Crippen molar-refractivity contribution in [2.24, 2.45) is 0 Å². The van der Waals surface area contributed by atoms with E-state index in [9.17, 15) is 22.8 Å². The molecule has 1 aliphatic rings. The molecule has 0 fully saturated rings. The molecule has 0 N–H and O–H groups in total. The van der Waals surface area contributed by atoms with E-state index in [1.807, 2.05) is 0 Å². The van der Waals surface area contributed by atoms with Crippen molar-refractivity contribution in [3.63, 3.8) is 0 Å². The van der Waals surface area contributed by atoms with Crippen molar-refractivity contribution in [2.45, 2.75) is 18.6 Å². The number of benzene rings is 2. The lowest BCUT2D eigenvalue weighted by Gasteiger charge is -2.23. The Bertz CT molecular complexity index is 866. The summed E-state index contributed by atoms with van der Waals surface area (Å²) in [5, 5.41) is 0. The number of rotatable bonds is 4. The van der Waals surface area contributed by atoms with Gasteiger partial charge < -0.3 is 9.47 Å². The molecule has 1 unspecified atom stereocenters. The summed E-state index contributed by atoms with van der Waals surface area (Å²) >= 11 is 0. The second-order valence-electron chi connectivity index (χ2n) is 5.95. The van der Waals surface area contributed by atoms with E-state index in [2.05, 4.69) is 0 Å². The van der Waals surface area contributed by atoms with E-state index in [-0.39, 0.29) is 5.75 Å². The standard InChI is InChI=1S/C19H16F3NO4/c1-26-18(25)16-9-12-5-2-3-8-15(12)23(16)17(24)11-27-14-7-4-6-13(10-14)19(20,21)22/h2-8,10,16H,9,11H2,1H3. The molecule has 0 radical (unpaired) electrons. The Morgan fingerprint density at radius 3 is 2.59 bits per heavy atom. The molecule has 1 atom stereocenters. The van der Waals surface area contributed by atoms with E-state index in [0.29, 0.717) is 12.1 Å². The fraction of sp³-hybridized carbons (Fsp3) is 0.263. The first-order valence-electron chi connectivity index (χ1n) is 8.09. The molecule has 2 aromatic rings. The summed E-state index contributed by atoms with van der Waals surface area (Å²) in [5.41, 5.74) is 0.497. The number of fused-ring (bicyclic) bond motifs is 1. The number of methoxy groups -OCH3 is 1. The lowest BCUT2D eigenvalue weighted by atomic mass is 10.1. The summed E-state index contributed by atoms with van der Waals surface area (Å²) in [6.07, 6.45) is -4.20. The number of amides is 1. The topological polar surface area (TPSA) is 55.8 Å². The molecule has 0 aromatic heterocycles. The van der Waals surface area contributed by atoms with Gasteiger partial charge in [0, 0.05) is 12.1 Å². The van der Waals surface area contributed by atoms with E-state index in [0.717, 1.165) is 17.7 Å². The largest absolute Gasteiger partial charge is 0.484 e. The van der Waals surface area contributed by atoms with Crippen molar-refractivity contribution in [1.82, 2.24) is 0 Å². The van der Waals surface area contributed by atoms with Crippen LogP contribution < -0.4 is 9.64 Å². The monoisotopic (exact) mass is 379 g/mol. The van der Waals surface area contributed by atoms with Crippen molar-refractivity contribution >= 4 is 17.6 Å². The Balaban J connectivity index is 1.77. The third kappa shape index (κ3) is 3.89. The highest BCUT2D eigenvalue weighted by Crippen LogP contribution is 2.33. The van der Waals surface area contributed by atoms with Gasteiger partial charge >= 0.3 is 12.1 Å². The molecule has 0 bridgehead atoms. The fourth-order valence-electron chi connectivity index (χ4n) is 3.00. The first-order valence-corrected chi connectivity index (χ1v) is 8.09. The zero-order valence-corrected chi connectivity index (χ0v) is 14.3. The Kier molecular flexibility index (Phi) is 5.07. The molecule has 0 saturated carbocycles. The molecule has 142 valence electrons. The maximum atomic E-state index is 12.8. The van der Waals surface area contributed by atoms with Crippen LogP contribution in [0.4, 0.5) is 18.9 Å². The van der Waals surface area contributed by atoms with Crippen LogP contribution in [0, 0.1) is 0 Å². The highest BCUT2D eigenvalue weighted by Gasteiger charge is 2.39. The Hall–Kier alpha value is -3.03. The van der Waals surface area contributed by atoms with Gasteiger partial charge in [0.25, 0.3) is 5.91 Å². The molecule has 0 saturated heterocycles. The molecule has 3 rings (SSSR count). The van der Waals surface area contributed by atoms with Crippen LogP contribution in [-0.2, 0) is 26.9 Å². The number of ether oxygens (including phenoxy) is 2. The minimum atomic E-state index is -4.51. The van der Waals surface area contributed by atoms with Crippen LogP contribution in [0.25, 0.3) is 0 Å². The average Bonchev–Trinajstić information content (AvgIpc) is 3.04. The number of hydrogen-bond acceptors (Lipinski definition) is 4. The number of carbonyl (C=O) groups is 2. The van der Waals surface area contributed by atoms with Crippen molar-refractivity contribution in [3.05, 3.63) is 59.7 Å². The van der Waals surface area contributed by atoms with Gasteiger partial charge in [0.2, 0.25) is 0 Å². The molecule has 0 spiro atoms. The molecule has 5 nitrogen and oxygen atoms in total. The molecule has 0 aliphatic carbocycles. The van der Waals surface area contributed by atoms with Crippen LogP contribution in [-0.4, -0.2) is 31.6 Å². The van der Waals surface area contributed by atoms with Crippen LogP contribution in [0.3, 0.4) is 0 Å². The fourth-order valence-corrected chi connectivity index (χ4v) is 3.00. The van der Waals surface area contributed by atoms with Gasteiger partial charge in [-0.2, -0.15) is 13.2 Å². The van der Waals surface area contributed by atoms with E-state index in [4.69, 9.17) is 9.47 Å². The predicted molar refractivity (Wildman–Crippen MR) is 90.4 cm³/mol. The van der Waals surface area contributed by atoms with Gasteiger partial charge in [0.1, 0.15) is 11.8 Å². The second-order valence-corrected chi connectivity index (χ2v) is 5.95. The van der Waals surface area contributed by atoms with Crippen LogP contribution >= 0.6 is 0 Å². The van der Waals surface area contributed by atoms with Crippen molar-refractivity contribution in [1.29, 1.82) is 0 Å². The van der Waals surface area contributed by atoms with Crippen LogP contribution in [0.5, 0.6) is 5.75 Å². The molecular formula is C19H16F3NO4. The van der Waals surface area contributed by atoms with E-state index >= 15 is 0 Å². The van der Waals surface area contributed by atoms with E-state index in [1.165, 1.54) is 24.1 Å². The first kappa shape index (κ1) is 18.8. The molecule has 8 heteroatoms. The number of anilines is 1. The summed E-state index contributed by atoms with van der Waals surface area (Å²) < 4.78 is 48.3. The minimum absolute atomic E-state index is 0.0831. The lowest BCUT2D eigenvalue weighted by Crippen LogP contribution is -2.45. The SMILES string of the molecule is COC(=O)C1Cc2ccccc2N1C(=O)COc1cccc(C(F)(F)F)c1. The summed E-state index contributed by atoms with van der Waals surface area (Å²) in [5.74, 6) is -1.20. The van der Waals surface area contributed by atoms with Gasteiger partial charge in [-0.1, -0.05) is 24.3 Å². The number of nitrogens with zero attached hydrogens (tertiary/aromatic N) is 1. The van der Waals surface area contributed by atoms with Gasteiger partial charge in [0.15, 0.2) is 6.61 Å². The number of para-hydroxylation sites is 1. The zero-order valence-electron chi connectivity index (χ0n) is 14.3. The van der Waals surface area contributed by atoms with Crippen molar-refractivity contribution < 1.29 is 32.2 Å². The number of hydrogen-bond donors (Lipinski definition) is 0. The summed E-state index contributed by atoms with van der Waals surface area (Å²) in [7, 11) is 1.23. The molecule has 27 heavy (non-hydrogen) atoms. The van der Waals surface area contributed by atoms with Crippen LogP contribution in [0.1, 0.15) is 11.1 Å². The van der Waals surface area contributed by atoms with Gasteiger partial charge in [-0.15, -0.1) is 0 Å². The van der Waals surface area contributed by atoms with E-state index in [1.54, 1.807) is 24.3 Å². The van der Waals surface area contributed by atoms with Crippen molar-refractivity contribution in [3.8, 4) is 5.75 Å². The van der Waals surface area contributed by atoms with Gasteiger partial charge in [-0.25, -0.2) is 4.79 Å². The summed E-state index contributed by atoms with van der Waals surface area (Å²) in [6, 6.07) is 10.5. The highest BCUT2D eigenvalue weighted by molar-refractivity contribution is 6.02. The molecule has 1 heterocycles. The normalized spacial score (nSPS) is 16.0. The number of esters is 1. The number of halogens is 3. The Labute approximate surface area is 153 Å². The van der Waals surface area contributed by atoms with Crippen LogP contribution in [0.15, 0.2) is 48.5 Å². The molecule has 1 aliphatic heterocycles. The molecular weight excluding hydrogens is 363 g/mol. The molecule has 1 amide bonds. The van der Waals surface area contributed by atoms with Gasteiger partial charge in [-0.05, 0) is 29.8 Å². The maximum Gasteiger partial charge on any atom is 0.416 e. The minimum Gasteiger partial charge on any atom is -0.484 e. The van der Waals surface area contributed by atoms with Crippen molar-refractivity contribution in [2.75, 3.05) is 18.6 Å². The Morgan fingerprint density at radius 2 is 1.89 bits per heavy atom. The molecule has 2 aromatic carbocycles. The average molecular weight is 379 g/mol. The third-order valence-electron chi connectivity index (χ3n) is 4.24. The van der Waals surface area contributed by atoms with Gasteiger partial charge in [-0.3, -0.25) is 9.69 Å². The maximum absolute atomic E-state index is 12.8. The Morgan fingerprint density at radius 1 is 1.15 bits per heavy atom. The predicted octanol–water partition coefficient (Wildman–Crippen LogP) is 3.22. The second kappa shape index (κ2) is 7.30. The zero-order chi connectivity index (χ0) is 19.6. The summed E-state index contributed by atoms with van der Waals surface area (Å²) in [6.45, 7) is -0.511. The first-order chi connectivity index (χ1) is 12.8. The summed E-state index contributed by atoms with van der Waals surface area (Å²) in [4.78, 5) is 26.0. The number of alkyl halides is 3. The number of carbonyl (C=O) groups excluding carboxylic acids is 2. The highest BCUT2D eigenvalue weighted by atomic mass is 19.4. The smallest absolute Gasteiger partial charge is 0.416 e. The third-order valence-corrected chi connectivity index (χ3v) is 4.24. The lowest BCUT2D eigenvalue weighted by molar-refractivity contribution is -0.143. The van der Waals surface area contributed by atoms with E-state index < -0.39 is 36.3 Å².